The average Bonchev–Trinajstić information content (AvgIpc) is 2.84. The molecule has 0 aliphatic carbocycles. The fraction of sp³-hybridized carbons (Fsp3) is 0.308. The van der Waals surface area contributed by atoms with Crippen LogP contribution in [-0.4, -0.2) is 35.5 Å². The van der Waals surface area contributed by atoms with Crippen molar-refractivity contribution in [3.8, 4) is 0 Å². The number of thioether (sulfide) groups is 1. The molecule has 0 atom stereocenters. The summed E-state index contributed by atoms with van der Waals surface area (Å²) in [6, 6.07) is 8.55. The van der Waals surface area contributed by atoms with E-state index < -0.39 is 0 Å². The van der Waals surface area contributed by atoms with Crippen molar-refractivity contribution < 1.29 is 0 Å². The van der Waals surface area contributed by atoms with E-state index in [2.05, 4.69) is 46.4 Å². The van der Waals surface area contributed by atoms with Gasteiger partial charge in [0.05, 0.1) is 6.34 Å². The molecule has 19 heavy (non-hydrogen) atoms. The smallest absolute Gasteiger partial charge is 0.233 e. The summed E-state index contributed by atoms with van der Waals surface area (Å²) in [4.78, 5) is 6.10. The number of aromatic nitrogens is 2. The molecular formula is C13H16N4S2. The molecule has 1 heterocycles. The fourth-order valence-corrected chi connectivity index (χ4v) is 2.94. The van der Waals surface area contributed by atoms with Crippen LogP contribution >= 0.6 is 23.1 Å². The van der Waals surface area contributed by atoms with Crippen molar-refractivity contribution >= 4 is 34.6 Å². The van der Waals surface area contributed by atoms with Crippen molar-refractivity contribution in [2.45, 2.75) is 17.0 Å². The Kier molecular flexibility index (Phi) is 4.93. The molecule has 0 amide bonds. The van der Waals surface area contributed by atoms with Gasteiger partial charge in [0.1, 0.15) is 0 Å². The molecule has 100 valence electrons. The third kappa shape index (κ3) is 4.65. The van der Waals surface area contributed by atoms with Crippen molar-refractivity contribution in [3.63, 3.8) is 0 Å². The molecular weight excluding hydrogens is 276 g/mol. The van der Waals surface area contributed by atoms with E-state index in [0.717, 1.165) is 10.1 Å². The van der Waals surface area contributed by atoms with Crippen molar-refractivity contribution in [2.75, 3.05) is 14.1 Å². The Morgan fingerprint density at radius 2 is 2.00 bits per heavy atom. The summed E-state index contributed by atoms with van der Waals surface area (Å²) in [5.74, 6) is 0.909. The number of rotatable bonds is 5. The van der Waals surface area contributed by atoms with E-state index >= 15 is 0 Å². The quantitative estimate of drug-likeness (QED) is 0.481. The van der Waals surface area contributed by atoms with Gasteiger partial charge in [-0.25, -0.2) is 4.99 Å². The predicted octanol–water partition coefficient (Wildman–Crippen LogP) is 3.36. The van der Waals surface area contributed by atoms with E-state index in [1.54, 1.807) is 18.1 Å². The van der Waals surface area contributed by atoms with Gasteiger partial charge in [-0.05, 0) is 12.5 Å². The molecule has 1 aromatic heterocycles. The van der Waals surface area contributed by atoms with Crippen LogP contribution in [0.5, 0.6) is 0 Å². The van der Waals surface area contributed by atoms with Crippen LogP contribution < -0.4 is 0 Å². The summed E-state index contributed by atoms with van der Waals surface area (Å²) in [5.41, 5.74) is 2.58. The Morgan fingerprint density at radius 3 is 2.68 bits per heavy atom. The van der Waals surface area contributed by atoms with Crippen LogP contribution in [0.15, 0.2) is 33.6 Å². The first-order valence-corrected chi connectivity index (χ1v) is 7.66. The minimum Gasteiger partial charge on any atom is -0.369 e. The number of hydrogen-bond donors (Lipinski definition) is 0. The Bertz CT molecular complexity index is 546. The molecule has 0 aliphatic rings. The summed E-state index contributed by atoms with van der Waals surface area (Å²) in [5, 5.41) is 8.86. The van der Waals surface area contributed by atoms with Gasteiger partial charge in [0.15, 0.2) is 4.34 Å². The number of hydrogen-bond acceptors (Lipinski definition) is 5. The van der Waals surface area contributed by atoms with Crippen LogP contribution in [0.1, 0.15) is 11.1 Å². The van der Waals surface area contributed by atoms with Crippen molar-refractivity contribution in [2.24, 2.45) is 4.99 Å². The molecule has 0 radical (unpaired) electrons. The molecule has 6 heteroatoms. The average molecular weight is 292 g/mol. The molecule has 4 nitrogen and oxygen atoms in total. The third-order valence-electron chi connectivity index (χ3n) is 2.28. The van der Waals surface area contributed by atoms with E-state index in [0.29, 0.717) is 5.13 Å². The van der Waals surface area contributed by atoms with Gasteiger partial charge in [-0.3, -0.25) is 0 Å². The summed E-state index contributed by atoms with van der Waals surface area (Å²) in [7, 11) is 3.86. The molecule has 0 saturated carbocycles. The molecule has 2 rings (SSSR count). The largest absolute Gasteiger partial charge is 0.369 e. The topological polar surface area (TPSA) is 41.4 Å². The maximum absolute atomic E-state index is 4.23. The van der Waals surface area contributed by atoms with Crippen molar-refractivity contribution in [1.29, 1.82) is 0 Å². The monoisotopic (exact) mass is 292 g/mol. The van der Waals surface area contributed by atoms with Gasteiger partial charge in [-0.1, -0.05) is 52.9 Å². The highest BCUT2D eigenvalue weighted by molar-refractivity contribution is 8.00. The zero-order valence-electron chi connectivity index (χ0n) is 11.2. The van der Waals surface area contributed by atoms with E-state index in [9.17, 15) is 0 Å². The van der Waals surface area contributed by atoms with Gasteiger partial charge in [0.25, 0.3) is 0 Å². The lowest BCUT2D eigenvalue weighted by atomic mass is 10.2. The first-order valence-electron chi connectivity index (χ1n) is 5.86. The van der Waals surface area contributed by atoms with Crippen molar-refractivity contribution in [1.82, 2.24) is 15.1 Å². The molecule has 0 unspecified atom stereocenters. The molecule has 2 aromatic rings. The fourth-order valence-electron chi connectivity index (χ4n) is 1.31. The Labute approximate surface area is 121 Å². The molecule has 0 N–H and O–H groups in total. The summed E-state index contributed by atoms with van der Waals surface area (Å²) < 4.78 is 0.950. The molecule has 0 saturated heterocycles. The number of aryl methyl sites for hydroxylation is 1. The van der Waals surface area contributed by atoms with Crippen LogP contribution in [0, 0.1) is 6.92 Å². The Morgan fingerprint density at radius 1 is 1.26 bits per heavy atom. The Hall–Kier alpha value is -1.40. The summed E-state index contributed by atoms with van der Waals surface area (Å²) >= 11 is 3.21. The van der Waals surface area contributed by atoms with E-state index in [1.165, 1.54) is 22.5 Å². The zero-order chi connectivity index (χ0) is 13.7. The molecule has 0 spiro atoms. The van der Waals surface area contributed by atoms with Gasteiger partial charge < -0.3 is 4.90 Å². The molecule has 0 fully saturated rings. The highest BCUT2D eigenvalue weighted by Gasteiger charge is 2.04. The minimum absolute atomic E-state index is 0.695. The second-order valence-corrected chi connectivity index (χ2v) is 6.51. The highest BCUT2D eigenvalue weighted by atomic mass is 32.2. The van der Waals surface area contributed by atoms with Gasteiger partial charge >= 0.3 is 0 Å². The van der Waals surface area contributed by atoms with E-state index in [1.807, 2.05) is 19.0 Å². The standard InChI is InChI=1S/C13H16N4S2/c1-10-4-6-11(7-5-10)8-18-13-16-15-12(19-13)14-9-17(2)3/h4-7,9H,8H2,1-3H3. The normalized spacial score (nSPS) is 11.1. The molecule has 0 aliphatic heterocycles. The van der Waals surface area contributed by atoms with Crippen LogP contribution in [0.2, 0.25) is 0 Å². The maximum Gasteiger partial charge on any atom is 0.233 e. The Balaban J connectivity index is 1.91. The van der Waals surface area contributed by atoms with Gasteiger partial charge in [0, 0.05) is 19.8 Å². The molecule has 1 aromatic carbocycles. The van der Waals surface area contributed by atoms with Gasteiger partial charge in [-0.2, -0.15) is 0 Å². The summed E-state index contributed by atoms with van der Waals surface area (Å²) in [6.07, 6.45) is 1.73. The van der Waals surface area contributed by atoms with Crippen LogP contribution in [0.25, 0.3) is 0 Å². The lowest BCUT2D eigenvalue weighted by Gasteiger charge is -1.99. The van der Waals surface area contributed by atoms with E-state index in [4.69, 9.17) is 0 Å². The summed E-state index contributed by atoms with van der Waals surface area (Å²) in [6.45, 7) is 2.09. The number of aliphatic imine (C=N–C) groups is 1. The second kappa shape index (κ2) is 6.68. The van der Waals surface area contributed by atoms with Gasteiger partial charge in [-0.15, -0.1) is 10.2 Å². The maximum atomic E-state index is 4.23. The van der Waals surface area contributed by atoms with E-state index in [-0.39, 0.29) is 0 Å². The molecule has 0 bridgehead atoms. The lowest BCUT2D eigenvalue weighted by molar-refractivity contribution is 0.643. The second-order valence-electron chi connectivity index (χ2n) is 4.33. The number of nitrogens with zero attached hydrogens (tertiary/aromatic N) is 4. The zero-order valence-corrected chi connectivity index (χ0v) is 12.8. The number of benzene rings is 1. The highest BCUT2D eigenvalue weighted by Crippen LogP contribution is 2.29. The van der Waals surface area contributed by atoms with Crippen LogP contribution in [-0.2, 0) is 5.75 Å². The van der Waals surface area contributed by atoms with Crippen LogP contribution in [0.4, 0.5) is 5.13 Å². The van der Waals surface area contributed by atoms with Crippen LogP contribution in [0.3, 0.4) is 0 Å². The first kappa shape index (κ1) is 14.0. The predicted molar refractivity (Wildman–Crippen MR) is 82.5 cm³/mol. The lowest BCUT2D eigenvalue weighted by Crippen LogP contribution is -2.06. The minimum atomic E-state index is 0.695. The van der Waals surface area contributed by atoms with Crippen molar-refractivity contribution in [3.05, 3.63) is 35.4 Å². The SMILES string of the molecule is Cc1ccc(CSc2nnc(N=CN(C)C)s2)cc1. The first-order chi connectivity index (χ1) is 9.13. The third-order valence-corrected chi connectivity index (χ3v) is 4.31. The van der Waals surface area contributed by atoms with Gasteiger partial charge in [0.2, 0.25) is 5.13 Å².